The smallest absolute Gasteiger partial charge is 0.0720 e. The summed E-state index contributed by atoms with van der Waals surface area (Å²) in [5.41, 5.74) is 16.7. The first-order valence-electron chi connectivity index (χ1n) is 21.5. The van der Waals surface area contributed by atoms with E-state index in [0.717, 1.165) is 12.8 Å². The number of anilines is 4. The normalized spacial score (nSPS) is 17.9. The Labute approximate surface area is 351 Å². The zero-order valence-corrected chi connectivity index (χ0v) is 37.1. The maximum Gasteiger partial charge on any atom is 0.0720 e. The van der Waals surface area contributed by atoms with Gasteiger partial charge in [-0.25, -0.2) is 0 Å². The highest BCUT2D eigenvalue weighted by Gasteiger charge is 2.49. The van der Waals surface area contributed by atoms with Crippen molar-refractivity contribution in [2.24, 2.45) is 0 Å². The topological polar surface area (TPSA) is 6.48 Å². The molecule has 0 N–H and O–H groups in total. The third-order valence-electron chi connectivity index (χ3n) is 14.0. The molecule has 8 aromatic rings. The highest BCUT2D eigenvalue weighted by Crippen LogP contribution is 2.61. The Morgan fingerprint density at radius 1 is 0.441 bits per heavy atom. The molecule has 4 heteroatoms. The van der Waals surface area contributed by atoms with Crippen molar-refractivity contribution in [1.82, 2.24) is 0 Å². The second-order valence-corrected chi connectivity index (χ2v) is 30.2. The molecular formula is C55H52N2Si2. The van der Waals surface area contributed by atoms with Crippen LogP contribution in [0.15, 0.2) is 170 Å². The van der Waals surface area contributed by atoms with Gasteiger partial charge in [-0.3, -0.25) is 0 Å². The van der Waals surface area contributed by atoms with Crippen molar-refractivity contribution >= 4 is 60.4 Å². The van der Waals surface area contributed by atoms with E-state index in [1.165, 1.54) is 88.8 Å². The van der Waals surface area contributed by atoms with Gasteiger partial charge in [0, 0.05) is 34.1 Å². The molecule has 290 valence electrons. The van der Waals surface area contributed by atoms with E-state index in [9.17, 15) is 0 Å². The van der Waals surface area contributed by atoms with Crippen LogP contribution in [0.4, 0.5) is 22.7 Å². The summed E-state index contributed by atoms with van der Waals surface area (Å²) in [4.78, 5) is 5.42. The zero-order valence-electron chi connectivity index (χ0n) is 35.1. The summed E-state index contributed by atoms with van der Waals surface area (Å²) in [6, 6.07) is 65.3. The fourth-order valence-electron chi connectivity index (χ4n) is 11.3. The van der Waals surface area contributed by atoms with Gasteiger partial charge in [-0.1, -0.05) is 173 Å². The molecule has 0 bridgehead atoms. The average molecular weight is 797 g/mol. The van der Waals surface area contributed by atoms with Gasteiger partial charge in [0.05, 0.1) is 21.6 Å². The van der Waals surface area contributed by atoms with Crippen molar-refractivity contribution in [3.63, 3.8) is 0 Å². The lowest BCUT2D eigenvalue weighted by Crippen LogP contribution is -2.47. The molecule has 2 aliphatic heterocycles. The molecule has 0 aromatic heterocycles. The van der Waals surface area contributed by atoms with Crippen LogP contribution < -0.4 is 9.80 Å². The molecular weight excluding hydrogens is 745 g/mol. The number of hydrogen-bond donors (Lipinski definition) is 0. The van der Waals surface area contributed by atoms with Crippen molar-refractivity contribution in [2.45, 2.75) is 68.9 Å². The number of para-hydroxylation sites is 2. The lowest BCUT2D eigenvalue weighted by atomic mass is 9.66. The zero-order chi connectivity index (χ0) is 40.3. The van der Waals surface area contributed by atoms with Crippen molar-refractivity contribution < 1.29 is 0 Å². The van der Waals surface area contributed by atoms with Crippen LogP contribution in [-0.4, -0.2) is 27.5 Å². The SMILES string of the molecule is C[Si](C)(C)C1Cc2ccccc2N1c1ccc2c(c1)C(c1ccccc1)(c1ccccc1)c1c-2c2ccccc2c2cc(N3c4ccccc4CC3[Si](C)(C)C)ccc12. The highest BCUT2D eigenvalue weighted by atomic mass is 28.3. The Morgan fingerprint density at radius 3 is 1.47 bits per heavy atom. The first-order valence-corrected chi connectivity index (χ1v) is 28.7. The quantitative estimate of drug-likeness (QED) is 0.122. The van der Waals surface area contributed by atoms with Crippen molar-refractivity contribution in [2.75, 3.05) is 9.80 Å². The molecule has 0 radical (unpaired) electrons. The number of hydrogen-bond acceptors (Lipinski definition) is 2. The molecule has 1 aliphatic carbocycles. The Morgan fingerprint density at radius 2 is 0.915 bits per heavy atom. The second kappa shape index (κ2) is 13.2. The van der Waals surface area contributed by atoms with E-state index in [1.54, 1.807) is 0 Å². The maximum absolute atomic E-state index is 2.72. The Bertz CT molecular complexity index is 2900. The average Bonchev–Trinajstić information content (AvgIpc) is 3.94. The molecule has 0 saturated carbocycles. The molecule has 2 nitrogen and oxygen atoms in total. The number of nitrogens with zero attached hydrogens (tertiary/aromatic N) is 2. The molecule has 2 heterocycles. The summed E-state index contributed by atoms with van der Waals surface area (Å²) in [7, 11) is -3.22. The van der Waals surface area contributed by atoms with Gasteiger partial charge >= 0.3 is 0 Å². The maximum atomic E-state index is 2.72. The molecule has 0 spiro atoms. The van der Waals surface area contributed by atoms with E-state index >= 15 is 0 Å². The predicted molar refractivity (Wildman–Crippen MR) is 258 cm³/mol. The predicted octanol–water partition coefficient (Wildman–Crippen LogP) is 14.2. The van der Waals surface area contributed by atoms with Crippen LogP contribution in [0.2, 0.25) is 39.3 Å². The minimum absolute atomic E-state index is 0.473. The van der Waals surface area contributed by atoms with E-state index in [2.05, 4.69) is 219 Å². The standard InChI is InChI=1S/C55H52N2Si2/c1-58(2,3)51-33-37-19-13-17-27-49(37)56(51)41-29-31-45-47(35-41)43-25-15-16-26-44(43)53-46-32-30-42(57-50-28-18-14-20-38(50)34-52(57)59(4,5)6)36-48(46)55(54(45)53,39-21-9-7-10-22-39)40-23-11-8-12-24-40/h7-32,35-36,51-52H,33-34H2,1-6H3. The summed E-state index contributed by atoms with van der Waals surface area (Å²) < 4.78 is 0. The van der Waals surface area contributed by atoms with Crippen molar-refractivity contribution in [3.05, 3.63) is 203 Å². The van der Waals surface area contributed by atoms with Gasteiger partial charge in [0.1, 0.15) is 0 Å². The fraction of sp³-hybridized carbons (Fsp3) is 0.200. The van der Waals surface area contributed by atoms with Crippen LogP contribution in [-0.2, 0) is 18.3 Å². The van der Waals surface area contributed by atoms with Gasteiger partial charge in [0.15, 0.2) is 0 Å². The summed E-state index contributed by atoms with van der Waals surface area (Å²) in [5.74, 6) is 0. The summed E-state index contributed by atoms with van der Waals surface area (Å²) in [6.07, 6.45) is 2.21. The molecule has 2 atom stereocenters. The lowest BCUT2D eigenvalue weighted by molar-refractivity contribution is 0.774. The second-order valence-electron chi connectivity index (χ2n) is 19.4. The van der Waals surface area contributed by atoms with E-state index < -0.39 is 21.6 Å². The molecule has 11 rings (SSSR count). The van der Waals surface area contributed by atoms with E-state index in [4.69, 9.17) is 0 Å². The van der Waals surface area contributed by atoms with E-state index in [-0.39, 0.29) is 0 Å². The van der Waals surface area contributed by atoms with Gasteiger partial charge in [0.2, 0.25) is 0 Å². The first-order chi connectivity index (χ1) is 28.5. The largest absolute Gasteiger partial charge is 0.341 e. The van der Waals surface area contributed by atoms with E-state index in [0.29, 0.717) is 11.3 Å². The van der Waals surface area contributed by atoms with Gasteiger partial charge in [-0.15, -0.1) is 0 Å². The highest BCUT2D eigenvalue weighted by molar-refractivity contribution is 6.79. The van der Waals surface area contributed by atoms with Gasteiger partial charge in [0.25, 0.3) is 0 Å². The van der Waals surface area contributed by atoms with Crippen LogP contribution in [0.5, 0.6) is 0 Å². The summed E-state index contributed by atoms with van der Waals surface area (Å²) >= 11 is 0. The Balaban J connectivity index is 1.24. The minimum Gasteiger partial charge on any atom is -0.341 e. The lowest BCUT2D eigenvalue weighted by Gasteiger charge is -2.38. The third kappa shape index (κ3) is 5.35. The van der Waals surface area contributed by atoms with Crippen LogP contribution in [0, 0.1) is 0 Å². The van der Waals surface area contributed by atoms with E-state index in [1.807, 2.05) is 0 Å². The Kier molecular flexibility index (Phi) is 8.12. The Hall–Kier alpha value is -5.69. The molecule has 2 unspecified atom stereocenters. The molecule has 0 saturated heterocycles. The monoisotopic (exact) mass is 796 g/mol. The van der Waals surface area contributed by atoms with Crippen molar-refractivity contribution in [3.8, 4) is 11.1 Å². The first kappa shape index (κ1) is 36.4. The summed E-state index contributed by atoms with van der Waals surface area (Å²) in [5, 5.41) is 5.30. The van der Waals surface area contributed by atoms with Crippen LogP contribution >= 0.6 is 0 Å². The molecule has 0 amide bonds. The summed E-state index contributed by atoms with van der Waals surface area (Å²) in [6.45, 7) is 15.2. The van der Waals surface area contributed by atoms with Crippen molar-refractivity contribution in [1.29, 1.82) is 0 Å². The number of benzene rings is 8. The molecule has 8 aromatic carbocycles. The number of fused-ring (bicyclic) bond motifs is 10. The molecule has 0 fully saturated rings. The molecule has 59 heavy (non-hydrogen) atoms. The van der Waals surface area contributed by atoms with Crippen LogP contribution in [0.1, 0.15) is 33.4 Å². The van der Waals surface area contributed by atoms with Gasteiger partial charge in [-0.2, -0.15) is 0 Å². The fourth-order valence-corrected chi connectivity index (χ4v) is 15.1. The van der Waals surface area contributed by atoms with Gasteiger partial charge < -0.3 is 9.80 Å². The molecule has 3 aliphatic rings. The number of rotatable bonds is 6. The van der Waals surface area contributed by atoms with Gasteiger partial charge in [-0.05, 0) is 115 Å². The van der Waals surface area contributed by atoms with Crippen LogP contribution in [0.25, 0.3) is 32.7 Å². The minimum atomic E-state index is -1.62. The third-order valence-corrected chi connectivity index (χ3v) is 18.9. The van der Waals surface area contributed by atoms with Crippen LogP contribution in [0.3, 0.4) is 0 Å².